The molecule has 0 amide bonds. The van der Waals surface area contributed by atoms with Gasteiger partial charge in [-0.1, -0.05) is 18.2 Å². The summed E-state index contributed by atoms with van der Waals surface area (Å²) in [6.45, 7) is 3.93. The van der Waals surface area contributed by atoms with Gasteiger partial charge in [-0.05, 0) is 49.2 Å². The molecule has 2 aromatic carbocycles. The van der Waals surface area contributed by atoms with Crippen molar-refractivity contribution in [2.45, 2.75) is 26.0 Å². The van der Waals surface area contributed by atoms with Gasteiger partial charge in [0.1, 0.15) is 5.75 Å². The Morgan fingerprint density at radius 3 is 2.38 bits per heavy atom. The Hall–Kier alpha value is -2.07. The van der Waals surface area contributed by atoms with Gasteiger partial charge in [0.05, 0.1) is 19.3 Å². The first kappa shape index (κ1) is 15.3. The summed E-state index contributed by atoms with van der Waals surface area (Å²) in [6, 6.07) is 11.9. The molecule has 0 saturated heterocycles. The number of methoxy groups -OCH3 is 1. The van der Waals surface area contributed by atoms with Crippen LogP contribution in [0.25, 0.3) is 0 Å². The smallest absolute Gasteiger partial charge is 0.165 e. The summed E-state index contributed by atoms with van der Waals surface area (Å²) in [4.78, 5) is 0. The van der Waals surface area contributed by atoms with Crippen LogP contribution in [0.15, 0.2) is 42.5 Å². The van der Waals surface area contributed by atoms with E-state index >= 15 is 0 Å². The van der Waals surface area contributed by atoms with Crippen molar-refractivity contribution in [3.8, 4) is 11.5 Å². The molecule has 0 heterocycles. The Morgan fingerprint density at radius 1 is 1.05 bits per heavy atom. The molecule has 0 aromatic heterocycles. The summed E-state index contributed by atoms with van der Waals surface area (Å²) in [5.41, 5.74) is 7.78. The van der Waals surface area contributed by atoms with Gasteiger partial charge in [-0.15, -0.1) is 0 Å². The van der Waals surface area contributed by atoms with E-state index in [-0.39, 0.29) is 11.9 Å². The van der Waals surface area contributed by atoms with E-state index in [2.05, 4.69) is 0 Å². The number of halogens is 1. The molecule has 2 rings (SSSR count). The molecule has 0 aliphatic carbocycles. The van der Waals surface area contributed by atoms with Gasteiger partial charge in [0.25, 0.3) is 0 Å². The maximum absolute atomic E-state index is 13.8. The Bertz CT molecular complexity index is 613. The molecule has 0 saturated carbocycles. The van der Waals surface area contributed by atoms with E-state index in [0.29, 0.717) is 5.56 Å². The van der Waals surface area contributed by atoms with Crippen molar-refractivity contribution >= 4 is 0 Å². The number of nitrogens with two attached hydrogens (primary N) is 1. The van der Waals surface area contributed by atoms with Gasteiger partial charge in [-0.2, -0.15) is 0 Å². The fourth-order valence-electron chi connectivity index (χ4n) is 2.12. The highest BCUT2D eigenvalue weighted by Gasteiger charge is 2.13. The third-order valence-electron chi connectivity index (χ3n) is 3.12. The van der Waals surface area contributed by atoms with Gasteiger partial charge >= 0.3 is 0 Å². The number of hydrogen-bond acceptors (Lipinski definition) is 3. The van der Waals surface area contributed by atoms with E-state index in [4.69, 9.17) is 15.2 Å². The minimum absolute atomic E-state index is 0.0925. The molecule has 2 aromatic rings. The lowest BCUT2D eigenvalue weighted by atomic mass is 9.99. The molecule has 0 aliphatic rings. The average molecular weight is 289 g/mol. The van der Waals surface area contributed by atoms with Crippen LogP contribution in [0.5, 0.6) is 11.5 Å². The molecule has 21 heavy (non-hydrogen) atoms. The van der Waals surface area contributed by atoms with Crippen LogP contribution in [-0.4, -0.2) is 13.2 Å². The summed E-state index contributed by atoms with van der Waals surface area (Å²) >= 11 is 0. The minimum atomic E-state index is -0.417. The monoisotopic (exact) mass is 289 g/mol. The Kier molecular flexibility index (Phi) is 4.81. The van der Waals surface area contributed by atoms with Crippen LogP contribution in [0.1, 0.15) is 31.0 Å². The number of rotatable bonds is 5. The number of ether oxygens (including phenoxy) is 2. The molecule has 0 aliphatic heterocycles. The molecule has 0 radical (unpaired) electrons. The molecule has 1 atom stereocenters. The van der Waals surface area contributed by atoms with Crippen LogP contribution in [0, 0.1) is 5.82 Å². The van der Waals surface area contributed by atoms with Crippen molar-refractivity contribution < 1.29 is 13.9 Å². The van der Waals surface area contributed by atoms with Gasteiger partial charge in [0.15, 0.2) is 11.6 Å². The quantitative estimate of drug-likeness (QED) is 0.913. The van der Waals surface area contributed by atoms with E-state index in [1.165, 1.54) is 13.2 Å². The van der Waals surface area contributed by atoms with E-state index in [1.54, 1.807) is 12.1 Å². The van der Waals surface area contributed by atoms with Crippen molar-refractivity contribution in [1.82, 2.24) is 0 Å². The van der Waals surface area contributed by atoms with E-state index in [0.717, 1.165) is 11.3 Å². The lowest BCUT2D eigenvalue weighted by molar-refractivity contribution is 0.242. The molecular weight excluding hydrogens is 269 g/mol. The Balaban J connectivity index is 2.27. The molecular formula is C17H20FNO2. The molecule has 0 spiro atoms. The first-order valence-electron chi connectivity index (χ1n) is 6.87. The zero-order valence-electron chi connectivity index (χ0n) is 12.5. The maximum atomic E-state index is 13.8. The topological polar surface area (TPSA) is 44.5 Å². The summed E-state index contributed by atoms with van der Waals surface area (Å²) in [5.74, 6) is 0.551. The third kappa shape index (κ3) is 3.73. The van der Waals surface area contributed by atoms with Gasteiger partial charge in [-0.3, -0.25) is 0 Å². The SMILES string of the molecule is COc1ccc(C(N)c2cccc(OC(C)C)c2)cc1F. The van der Waals surface area contributed by atoms with Crippen molar-refractivity contribution in [3.63, 3.8) is 0 Å². The van der Waals surface area contributed by atoms with Crippen molar-refractivity contribution in [2.24, 2.45) is 5.73 Å². The highest BCUT2D eigenvalue weighted by Crippen LogP contribution is 2.27. The van der Waals surface area contributed by atoms with Gasteiger partial charge < -0.3 is 15.2 Å². The van der Waals surface area contributed by atoms with Gasteiger partial charge in [-0.25, -0.2) is 4.39 Å². The van der Waals surface area contributed by atoms with E-state index < -0.39 is 11.9 Å². The fraction of sp³-hybridized carbons (Fsp3) is 0.294. The van der Waals surface area contributed by atoms with Crippen LogP contribution < -0.4 is 15.2 Å². The van der Waals surface area contributed by atoms with Crippen molar-refractivity contribution in [1.29, 1.82) is 0 Å². The standard InChI is InChI=1S/C17H20FNO2/c1-11(2)21-14-6-4-5-12(9-14)17(19)13-7-8-16(20-3)15(18)10-13/h4-11,17H,19H2,1-3H3. The van der Waals surface area contributed by atoms with Crippen molar-refractivity contribution in [2.75, 3.05) is 7.11 Å². The predicted molar refractivity (Wildman–Crippen MR) is 81.2 cm³/mol. The highest BCUT2D eigenvalue weighted by atomic mass is 19.1. The largest absolute Gasteiger partial charge is 0.494 e. The summed E-state index contributed by atoms with van der Waals surface area (Å²) in [5, 5.41) is 0. The minimum Gasteiger partial charge on any atom is -0.494 e. The van der Waals surface area contributed by atoms with Gasteiger partial charge in [0.2, 0.25) is 0 Å². The second-order valence-electron chi connectivity index (χ2n) is 5.11. The van der Waals surface area contributed by atoms with Crippen LogP contribution in [0.3, 0.4) is 0 Å². The molecule has 0 bridgehead atoms. The maximum Gasteiger partial charge on any atom is 0.165 e. The van der Waals surface area contributed by atoms with Crippen LogP contribution in [0.4, 0.5) is 4.39 Å². The van der Waals surface area contributed by atoms with Crippen molar-refractivity contribution in [3.05, 3.63) is 59.4 Å². The first-order valence-corrected chi connectivity index (χ1v) is 6.87. The molecule has 3 nitrogen and oxygen atoms in total. The van der Waals surface area contributed by atoms with E-state index in [9.17, 15) is 4.39 Å². The molecule has 4 heteroatoms. The third-order valence-corrected chi connectivity index (χ3v) is 3.12. The lowest BCUT2D eigenvalue weighted by Crippen LogP contribution is -2.13. The van der Waals surface area contributed by atoms with Crippen LogP contribution in [0.2, 0.25) is 0 Å². The Labute approximate surface area is 124 Å². The Morgan fingerprint density at radius 2 is 1.76 bits per heavy atom. The molecule has 2 N–H and O–H groups in total. The molecule has 112 valence electrons. The van der Waals surface area contributed by atoms with Gasteiger partial charge in [0, 0.05) is 0 Å². The summed E-state index contributed by atoms with van der Waals surface area (Å²) in [7, 11) is 1.44. The fourth-order valence-corrected chi connectivity index (χ4v) is 2.12. The summed E-state index contributed by atoms with van der Waals surface area (Å²) < 4.78 is 24.3. The second-order valence-corrected chi connectivity index (χ2v) is 5.11. The van der Waals surface area contributed by atoms with Crippen LogP contribution >= 0.6 is 0 Å². The predicted octanol–water partition coefficient (Wildman–Crippen LogP) is 3.67. The summed E-state index contributed by atoms with van der Waals surface area (Å²) in [6.07, 6.45) is 0.0925. The molecule has 1 unspecified atom stereocenters. The zero-order chi connectivity index (χ0) is 15.4. The first-order chi connectivity index (χ1) is 10.0. The zero-order valence-corrected chi connectivity index (χ0v) is 12.5. The lowest BCUT2D eigenvalue weighted by Gasteiger charge is -2.16. The normalized spacial score (nSPS) is 12.3. The average Bonchev–Trinajstić information content (AvgIpc) is 2.46. The highest BCUT2D eigenvalue weighted by molar-refractivity contribution is 5.39. The number of benzene rings is 2. The number of hydrogen-bond donors (Lipinski definition) is 1. The van der Waals surface area contributed by atoms with Crippen LogP contribution in [-0.2, 0) is 0 Å². The second kappa shape index (κ2) is 6.59. The van der Waals surface area contributed by atoms with E-state index in [1.807, 2.05) is 38.1 Å². The molecule has 0 fully saturated rings.